The number of carbonyl (C=O) groups excluding carboxylic acids is 1. The van der Waals surface area contributed by atoms with Gasteiger partial charge >= 0.3 is 5.97 Å². The molecule has 0 aromatic carbocycles. The standard InChI is InChI=1S/C11H20N2O3/c1-7(2)5-13-10(14)9(4)12-6-8(3)11(15)16/h7,9,12H,3,5-6H2,1-2,4H3,(H,13,14)(H,15,16). The van der Waals surface area contributed by atoms with Crippen LogP contribution in [0.1, 0.15) is 20.8 Å². The summed E-state index contributed by atoms with van der Waals surface area (Å²) in [6.07, 6.45) is 0. The summed E-state index contributed by atoms with van der Waals surface area (Å²) in [6.45, 7) is 9.78. The van der Waals surface area contributed by atoms with E-state index in [0.717, 1.165) is 0 Å². The fourth-order valence-corrected chi connectivity index (χ4v) is 0.902. The second kappa shape index (κ2) is 7.00. The lowest BCUT2D eigenvalue weighted by molar-refractivity contribution is -0.132. The summed E-state index contributed by atoms with van der Waals surface area (Å²) in [5, 5.41) is 14.1. The topological polar surface area (TPSA) is 78.4 Å². The van der Waals surface area contributed by atoms with Crippen molar-refractivity contribution in [2.75, 3.05) is 13.1 Å². The molecule has 5 nitrogen and oxygen atoms in total. The highest BCUT2D eigenvalue weighted by Gasteiger charge is 2.13. The van der Waals surface area contributed by atoms with E-state index < -0.39 is 12.0 Å². The summed E-state index contributed by atoms with van der Waals surface area (Å²) < 4.78 is 0. The Morgan fingerprint density at radius 3 is 2.31 bits per heavy atom. The van der Waals surface area contributed by atoms with Gasteiger partial charge in [-0.25, -0.2) is 4.79 Å². The van der Waals surface area contributed by atoms with E-state index in [0.29, 0.717) is 12.5 Å². The summed E-state index contributed by atoms with van der Waals surface area (Å²) in [6, 6.07) is -0.421. The molecule has 3 N–H and O–H groups in total. The molecule has 0 spiro atoms. The van der Waals surface area contributed by atoms with Crippen molar-refractivity contribution in [3.8, 4) is 0 Å². The molecule has 0 rings (SSSR count). The molecule has 0 saturated carbocycles. The van der Waals surface area contributed by atoms with Crippen molar-refractivity contribution in [1.82, 2.24) is 10.6 Å². The second-order valence-electron chi connectivity index (χ2n) is 4.15. The Hall–Kier alpha value is -1.36. The van der Waals surface area contributed by atoms with Crippen LogP contribution in [0.2, 0.25) is 0 Å². The molecule has 0 aromatic rings. The van der Waals surface area contributed by atoms with Crippen LogP contribution in [0.5, 0.6) is 0 Å². The molecule has 0 aliphatic carbocycles. The fourth-order valence-electron chi connectivity index (χ4n) is 0.902. The highest BCUT2D eigenvalue weighted by molar-refractivity contribution is 5.86. The van der Waals surface area contributed by atoms with E-state index in [9.17, 15) is 9.59 Å². The molecule has 92 valence electrons. The lowest BCUT2D eigenvalue weighted by Crippen LogP contribution is -2.44. The minimum Gasteiger partial charge on any atom is -0.478 e. The largest absolute Gasteiger partial charge is 0.478 e. The molecule has 0 bridgehead atoms. The first-order chi connectivity index (χ1) is 7.34. The third-order valence-corrected chi connectivity index (χ3v) is 2.00. The summed E-state index contributed by atoms with van der Waals surface area (Å²) in [5.74, 6) is -0.792. The molecule has 1 unspecified atom stereocenters. The minimum atomic E-state index is -1.05. The van der Waals surface area contributed by atoms with E-state index in [1.54, 1.807) is 6.92 Å². The van der Waals surface area contributed by atoms with Gasteiger partial charge in [0.2, 0.25) is 5.91 Å². The number of nitrogens with one attached hydrogen (secondary N) is 2. The molecule has 16 heavy (non-hydrogen) atoms. The highest BCUT2D eigenvalue weighted by Crippen LogP contribution is 1.91. The number of aliphatic carboxylic acids is 1. The van der Waals surface area contributed by atoms with Crippen LogP contribution in [0.15, 0.2) is 12.2 Å². The van der Waals surface area contributed by atoms with Crippen LogP contribution in [0.4, 0.5) is 0 Å². The van der Waals surface area contributed by atoms with Crippen molar-refractivity contribution in [3.63, 3.8) is 0 Å². The zero-order valence-corrected chi connectivity index (χ0v) is 10.0. The predicted molar refractivity (Wildman–Crippen MR) is 62.1 cm³/mol. The lowest BCUT2D eigenvalue weighted by Gasteiger charge is -2.14. The Morgan fingerprint density at radius 2 is 1.88 bits per heavy atom. The van der Waals surface area contributed by atoms with Crippen molar-refractivity contribution in [1.29, 1.82) is 0 Å². The van der Waals surface area contributed by atoms with Gasteiger partial charge in [0.15, 0.2) is 0 Å². The average Bonchev–Trinajstić information content (AvgIpc) is 2.21. The molecule has 0 heterocycles. The Labute approximate surface area is 95.9 Å². The maximum absolute atomic E-state index is 11.5. The van der Waals surface area contributed by atoms with E-state index in [4.69, 9.17) is 5.11 Å². The number of carboxylic acids is 1. The van der Waals surface area contributed by atoms with Crippen LogP contribution in [0.3, 0.4) is 0 Å². The summed E-state index contributed by atoms with van der Waals surface area (Å²) in [7, 11) is 0. The van der Waals surface area contributed by atoms with E-state index in [1.165, 1.54) is 0 Å². The first kappa shape index (κ1) is 14.6. The average molecular weight is 228 g/mol. The van der Waals surface area contributed by atoms with Gasteiger partial charge in [-0.1, -0.05) is 20.4 Å². The van der Waals surface area contributed by atoms with Gasteiger partial charge in [0.25, 0.3) is 0 Å². The van der Waals surface area contributed by atoms with E-state index in [2.05, 4.69) is 17.2 Å². The van der Waals surface area contributed by atoms with E-state index >= 15 is 0 Å². The van der Waals surface area contributed by atoms with Crippen molar-refractivity contribution >= 4 is 11.9 Å². The van der Waals surface area contributed by atoms with Crippen LogP contribution >= 0.6 is 0 Å². The molecule has 0 aliphatic rings. The molecule has 0 aromatic heterocycles. The van der Waals surface area contributed by atoms with Crippen molar-refractivity contribution in [3.05, 3.63) is 12.2 Å². The molecular formula is C11H20N2O3. The van der Waals surface area contributed by atoms with Crippen molar-refractivity contribution in [2.45, 2.75) is 26.8 Å². The third-order valence-electron chi connectivity index (χ3n) is 2.00. The first-order valence-corrected chi connectivity index (χ1v) is 5.26. The van der Waals surface area contributed by atoms with Crippen LogP contribution in [-0.4, -0.2) is 36.1 Å². The Morgan fingerprint density at radius 1 is 1.31 bits per heavy atom. The molecule has 1 amide bonds. The fraction of sp³-hybridized carbons (Fsp3) is 0.636. The van der Waals surface area contributed by atoms with Gasteiger partial charge < -0.3 is 15.7 Å². The predicted octanol–water partition coefficient (Wildman–Crippen LogP) is 0.378. The van der Waals surface area contributed by atoms with Gasteiger partial charge in [-0.3, -0.25) is 4.79 Å². The third kappa shape index (κ3) is 6.19. The molecule has 0 aliphatic heterocycles. The van der Waals surface area contributed by atoms with Gasteiger partial charge in [0, 0.05) is 18.7 Å². The number of hydrogen-bond donors (Lipinski definition) is 3. The first-order valence-electron chi connectivity index (χ1n) is 5.26. The van der Waals surface area contributed by atoms with Gasteiger partial charge in [-0.05, 0) is 12.8 Å². The molecule has 0 fully saturated rings. The van der Waals surface area contributed by atoms with Crippen molar-refractivity contribution in [2.24, 2.45) is 5.92 Å². The number of amides is 1. The SMILES string of the molecule is C=C(CNC(C)C(=O)NCC(C)C)C(=O)O. The van der Waals surface area contributed by atoms with Gasteiger partial charge in [0.1, 0.15) is 0 Å². The molecular weight excluding hydrogens is 208 g/mol. The highest BCUT2D eigenvalue weighted by atomic mass is 16.4. The summed E-state index contributed by atoms with van der Waals surface area (Å²) >= 11 is 0. The zero-order valence-electron chi connectivity index (χ0n) is 10.0. The molecule has 0 radical (unpaired) electrons. The van der Waals surface area contributed by atoms with E-state index in [-0.39, 0.29) is 18.0 Å². The summed E-state index contributed by atoms with van der Waals surface area (Å²) in [5.41, 5.74) is 0.0449. The Kier molecular flexibility index (Phi) is 6.41. The quantitative estimate of drug-likeness (QED) is 0.550. The van der Waals surface area contributed by atoms with Crippen LogP contribution in [0.25, 0.3) is 0 Å². The maximum Gasteiger partial charge on any atom is 0.332 e. The van der Waals surface area contributed by atoms with Gasteiger partial charge in [0.05, 0.1) is 6.04 Å². The smallest absolute Gasteiger partial charge is 0.332 e. The zero-order chi connectivity index (χ0) is 12.7. The van der Waals surface area contributed by atoms with E-state index in [1.807, 2.05) is 13.8 Å². The molecule has 0 saturated heterocycles. The molecule has 5 heteroatoms. The Bertz CT molecular complexity index is 274. The minimum absolute atomic E-state index is 0.0449. The Balaban J connectivity index is 3.88. The number of carbonyl (C=O) groups is 2. The molecule has 1 atom stereocenters. The van der Waals surface area contributed by atoms with Gasteiger partial charge in [-0.15, -0.1) is 0 Å². The lowest BCUT2D eigenvalue weighted by atomic mass is 10.2. The van der Waals surface area contributed by atoms with Crippen LogP contribution < -0.4 is 10.6 Å². The number of hydrogen-bond acceptors (Lipinski definition) is 3. The number of rotatable bonds is 7. The van der Waals surface area contributed by atoms with Crippen LogP contribution in [0, 0.1) is 5.92 Å². The van der Waals surface area contributed by atoms with Gasteiger partial charge in [-0.2, -0.15) is 0 Å². The van der Waals surface area contributed by atoms with Crippen molar-refractivity contribution < 1.29 is 14.7 Å². The monoisotopic (exact) mass is 228 g/mol. The summed E-state index contributed by atoms with van der Waals surface area (Å²) in [4.78, 5) is 21.9. The maximum atomic E-state index is 11.5. The second-order valence-corrected chi connectivity index (χ2v) is 4.15. The van der Waals surface area contributed by atoms with Crippen LogP contribution in [-0.2, 0) is 9.59 Å². The normalized spacial score (nSPS) is 12.2. The number of carboxylic acid groups (broad SMARTS) is 1.